The van der Waals surface area contributed by atoms with Crippen molar-refractivity contribution in [1.82, 2.24) is 14.8 Å². The van der Waals surface area contributed by atoms with Crippen molar-refractivity contribution in [2.24, 2.45) is 0 Å². The number of rotatable bonds is 3. The van der Waals surface area contributed by atoms with Crippen LogP contribution < -0.4 is 11.1 Å². The number of hydrogen-bond donors (Lipinski definition) is 1. The number of hydrogen-bond acceptors (Lipinski definition) is 4. The highest BCUT2D eigenvalue weighted by atomic mass is 19.1. The summed E-state index contributed by atoms with van der Waals surface area (Å²) in [6, 6.07) is 11.0. The summed E-state index contributed by atoms with van der Waals surface area (Å²) in [6.45, 7) is 3.14. The average molecular weight is 355 g/mol. The third kappa shape index (κ3) is 3.13. The second-order valence-electron chi connectivity index (χ2n) is 6.31. The largest absolute Gasteiger partial charge is 0.420 e. The lowest BCUT2D eigenvalue weighted by Crippen LogP contribution is -2.46. The van der Waals surface area contributed by atoms with Crippen LogP contribution in [0.2, 0.25) is 0 Å². The maximum Gasteiger partial charge on any atom is 0.420 e. The molecule has 0 radical (unpaired) electrons. The van der Waals surface area contributed by atoms with Gasteiger partial charge in [-0.15, -0.1) is 0 Å². The third-order valence-electron chi connectivity index (χ3n) is 4.57. The van der Waals surface area contributed by atoms with Crippen LogP contribution in [0.25, 0.3) is 11.1 Å². The fraction of sp³-hybridized carbons (Fsp3) is 0.263. The van der Waals surface area contributed by atoms with Crippen molar-refractivity contribution < 1.29 is 13.6 Å². The predicted octanol–water partition coefficient (Wildman–Crippen LogP) is 1.83. The van der Waals surface area contributed by atoms with Crippen LogP contribution in [0.1, 0.15) is 15.9 Å². The zero-order valence-electron chi connectivity index (χ0n) is 14.1. The first-order valence-corrected chi connectivity index (χ1v) is 8.50. The van der Waals surface area contributed by atoms with Gasteiger partial charge in [0.2, 0.25) is 0 Å². The highest BCUT2D eigenvalue weighted by Crippen LogP contribution is 2.18. The van der Waals surface area contributed by atoms with Crippen molar-refractivity contribution in [1.29, 1.82) is 0 Å². The average Bonchev–Trinajstić information content (AvgIpc) is 2.98. The zero-order chi connectivity index (χ0) is 18.1. The van der Waals surface area contributed by atoms with E-state index in [1.165, 1.54) is 16.7 Å². The Bertz CT molecular complexity index is 1000. The summed E-state index contributed by atoms with van der Waals surface area (Å²) in [7, 11) is 0. The van der Waals surface area contributed by atoms with Gasteiger partial charge in [-0.2, -0.15) is 0 Å². The van der Waals surface area contributed by atoms with Crippen molar-refractivity contribution in [3.8, 4) is 0 Å². The van der Waals surface area contributed by atoms with Crippen LogP contribution in [0.15, 0.2) is 51.7 Å². The van der Waals surface area contributed by atoms with Crippen molar-refractivity contribution >= 4 is 17.0 Å². The topological polar surface area (TPSA) is 67.5 Å². The summed E-state index contributed by atoms with van der Waals surface area (Å²) in [5.41, 5.74) is 2.27. The van der Waals surface area contributed by atoms with E-state index in [1.54, 1.807) is 35.2 Å². The highest BCUT2D eigenvalue weighted by Gasteiger charge is 2.19. The highest BCUT2D eigenvalue weighted by molar-refractivity contribution is 5.97. The Labute approximate surface area is 148 Å². The SMILES string of the molecule is O=C(c1ccc2c(c1)oc(=O)n2Cc1ccc(F)cc1)N1CCNCC1. The number of piperazine rings is 1. The van der Waals surface area contributed by atoms with Crippen molar-refractivity contribution in [3.05, 3.63) is 70.0 Å². The summed E-state index contributed by atoms with van der Waals surface area (Å²) in [4.78, 5) is 26.6. The molecular weight excluding hydrogens is 337 g/mol. The van der Waals surface area contributed by atoms with Crippen LogP contribution in [0.5, 0.6) is 0 Å². The number of benzene rings is 2. The van der Waals surface area contributed by atoms with E-state index in [1.807, 2.05) is 0 Å². The smallest absolute Gasteiger partial charge is 0.408 e. The zero-order valence-corrected chi connectivity index (χ0v) is 14.1. The van der Waals surface area contributed by atoms with Crippen molar-refractivity contribution in [3.63, 3.8) is 0 Å². The molecule has 1 N–H and O–H groups in total. The lowest BCUT2D eigenvalue weighted by Gasteiger charge is -2.27. The van der Waals surface area contributed by atoms with E-state index in [-0.39, 0.29) is 18.3 Å². The summed E-state index contributed by atoms with van der Waals surface area (Å²) in [5.74, 6) is -0.896. The maximum absolute atomic E-state index is 13.0. The second-order valence-corrected chi connectivity index (χ2v) is 6.31. The molecule has 7 heteroatoms. The molecule has 1 aromatic heterocycles. The number of halogens is 1. The molecule has 0 spiro atoms. The molecule has 3 aromatic rings. The fourth-order valence-corrected chi connectivity index (χ4v) is 3.17. The minimum absolute atomic E-state index is 0.0673. The van der Waals surface area contributed by atoms with Crippen LogP contribution in [0, 0.1) is 5.82 Å². The van der Waals surface area contributed by atoms with Gasteiger partial charge in [-0.05, 0) is 35.9 Å². The molecule has 0 unspecified atom stereocenters. The lowest BCUT2D eigenvalue weighted by atomic mass is 10.1. The minimum Gasteiger partial charge on any atom is -0.408 e. The number of fused-ring (bicyclic) bond motifs is 1. The van der Waals surface area contributed by atoms with Gasteiger partial charge in [0.25, 0.3) is 5.91 Å². The van der Waals surface area contributed by atoms with Crippen molar-refractivity contribution in [2.75, 3.05) is 26.2 Å². The number of oxazole rings is 1. The van der Waals surface area contributed by atoms with Gasteiger partial charge in [0.1, 0.15) is 5.82 Å². The molecule has 1 fully saturated rings. The van der Waals surface area contributed by atoms with E-state index in [0.29, 0.717) is 29.8 Å². The Balaban J connectivity index is 1.64. The Morgan fingerprint density at radius 2 is 1.85 bits per heavy atom. The van der Waals surface area contributed by atoms with E-state index in [9.17, 15) is 14.0 Å². The van der Waals surface area contributed by atoms with Crippen LogP contribution >= 0.6 is 0 Å². The second kappa shape index (κ2) is 6.76. The first-order chi connectivity index (χ1) is 12.6. The van der Waals surface area contributed by atoms with Gasteiger partial charge >= 0.3 is 5.76 Å². The van der Waals surface area contributed by atoms with E-state index in [0.717, 1.165) is 18.7 Å². The molecule has 1 aliphatic rings. The summed E-state index contributed by atoms with van der Waals surface area (Å²) >= 11 is 0. The lowest BCUT2D eigenvalue weighted by molar-refractivity contribution is 0.0736. The molecule has 26 heavy (non-hydrogen) atoms. The van der Waals surface area contributed by atoms with Gasteiger partial charge in [0.05, 0.1) is 12.1 Å². The Kier molecular flexibility index (Phi) is 4.30. The Morgan fingerprint density at radius 1 is 1.12 bits per heavy atom. The monoisotopic (exact) mass is 355 g/mol. The predicted molar refractivity (Wildman–Crippen MR) is 94.7 cm³/mol. The fourth-order valence-electron chi connectivity index (χ4n) is 3.17. The van der Waals surface area contributed by atoms with E-state index in [2.05, 4.69) is 5.32 Å². The van der Waals surface area contributed by atoms with E-state index < -0.39 is 5.76 Å². The molecule has 2 heterocycles. The Hall–Kier alpha value is -2.93. The van der Waals surface area contributed by atoms with Gasteiger partial charge in [0.15, 0.2) is 5.58 Å². The molecule has 0 bridgehead atoms. The molecular formula is C19H18FN3O3. The normalized spacial score (nSPS) is 14.7. The first kappa shape index (κ1) is 16.5. The van der Waals surface area contributed by atoms with E-state index >= 15 is 0 Å². The molecule has 1 amide bonds. The van der Waals surface area contributed by atoms with E-state index in [4.69, 9.17) is 4.42 Å². The standard InChI is InChI=1S/C19H18FN3O3/c20-15-4-1-13(2-5-15)12-23-16-6-3-14(11-17(16)26-19(23)25)18(24)22-9-7-21-8-10-22/h1-6,11,21H,7-10,12H2. The molecule has 4 rings (SSSR count). The van der Waals surface area contributed by atoms with Crippen LogP contribution in [0.4, 0.5) is 4.39 Å². The number of carbonyl (C=O) groups excluding carboxylic acids is 1. The van der Waals surface area contributed by atoms with Crippen molar-refractivity contribution in [2.45, 2.75) is 6.54 Å². The molecule has 0 saturated carbocycles. The molecule has 1 aliphatic heterocycles. The van der Waals surface area contributed by atoms with Crippen LogP contribution in [-0.4, -0.2) is 41.6 Å². The molecule has 2 aromatic carbocycles. The van der Waals surface area contributed by atoms with Crippen LogP contribution in [0.3, 0.4) is 0 Å². The maximum atomic E-state index is 13.0. The minimum atomic E-state index is -0.504. The van der Waals surface area contributed by atoms with Crippen LogP contribution in [-0.2, 0) is 6.54 Å². The van der Waals surface area contributed by atoms with Gasteiger partial charge in [0, 0.05) is 31.7 Å². The number of aromatic nitrogens is 1. The van der Waals surface area contributed by atoms with Gasteiger partial charge in [-0.1, -0.05) is 12.1 Å². The molecule has 6 nitrogen and oxygen atoms in total. The van der Waals surface area contributed by atoms with Gasteiger partial charge < -0.3 is 14.6 Å². The summed E-state index contributed by atoms with van der Waals surface area (Å²) in [5, 5.41) is 3.21. The third-order valence-corrected chi connectivity index (χ3v) is 4.57. The molecule has 1 saturated heterocycles. The molecule has 0 aliphatic carbocycles. The summed E-state index contributed by atoms with van der Waals surface area (Å²) < 4.78 is 19.8. The van der Waals surface area contributed by atoms with Gasteiger partial charge in [-0.25, -0.2) is 9.18 Å². The number of nitrogens with zero attached hydrogens (tertiary/aromatic N) is 2. The first-order valence-electron chi connectivity index (χ1n) is 8.50. The molecule has 0 atom stereocenters. The van der Waals surface area contributed by atoms with Gasteiger partial charge in [-0.3, -0.25) is 9.36 Å². The number of nitrogens with one attached hydrogen (secondary N) is 1. The Morgan fingerprint density at radius 3 is 2.58 bits per heavy atom. The quantitative estimate of drug-likeness (QED) is 0.778. The number of amides is 1. The number of carbonyl (C=O) groups is 1. The summed E-state index contributed by atoms with van der Waals surface area (Å²) in [6.07, 6.45) is 0. The molecule has 134 valence electrons.